The van der Waals surface area contributed by atoms with Crippen LogP contribution in [0.2, 0.25) is 0 Å². The van der Waals surface area contributed by atoms with Gasteiger partial charge in [-0.05, 0) is 52.3 Å². The molecule has 0 amide bonds. The monoisotopic (exact) mass is 364 g/mol. The van der Waals surface area contributed by atoms with Crippen molar-refractivity contribution in [2.24, 2.45) is 0 Å². The van der Waals surface area contributed by atoms with E-state index >= 15 is 0 Å². The Morgan fingerprint density at radius 3 is 2.71 bits per heavy atom. The van der Waals surface area contributed by atoms with E-state index in [4.69, 9.17) is 0 Å². The molecular weight excluding hydrogens is 355 g/mol. The highest BCUT2D eigenvalue weighted by Crippen LogP contribution is 2.22. The lowest BCUT2D eigenvalue weighted by atomic mass is 10.3. The van der Waals surface area contributed by atoms with Crippen LogP contribution in [0.15, 0.2) is 62.8 Å². The third kappa shape index (κ3) is 3.33. The Hall–Kier alpha value is -1.66. The lowest BCUT2D eigenvalue weighted by molar-refractivity contribution is 0.626. The number of halogens is 2. The van der Waals surface area contributed by atoms with Gasteiger partial charge in [0.2, 0.25) is 0 Å². The number of benzene rings is 1. The molecule has 21 heavy (non-hydrogen) atoms. The maximum Gasteiger partial charge on any atom is 0.258 e. The van der Waals surface area contributed by atoms with Gasteiger partial charge >= 0.3 is 0 Å². The number of rotatable bonds is 3. The first-order valence-electron chi connectivity index (χ1n) is 6.18. The summed E-state index contributed by atoms with van der Waals surface area (Å²) in [5, 5.41) is 0. The van der Waals surface area contributed by atoms with E-state index in [9.17, 15) is 9.18 Å². The first-order valence-corrected chi connectivity index (χ1v) is 7.96. The van der Waals surface area contributed by atoms with Gasteiger partial charge in [0.25, 0.3) is 5.56 Å². The van der Waals surface area contributed by atoms with E-state index < -0.39 is 0 Å². The highest BCUT2D eigenvalue weighted by Gasteiger charge is 2.04. The van der Waals surface area contributed by atoms with Gasteiger partial charge in [-0.1, -0.05) is 0 Å². The topological polar surface area (TPSA) is 34.4 Å². The molecule has 0 saturated heterocycles. The molecule has 0 spiro atoms. The molecule has 0 N–H and O–H groups in total. The number of thioether (sulfide) groups is 1. The zero-order valence-corrected chi connectivity index (χ0v) is 13.2. The van der Waals surface area contributed by atoms with E-state index in [0.29, 0.717) is 17.1 Å². The highest BCUT2D eigenvalue weighted by atomic mass is 79.9. The second-order valence-electron chi connectivity index (χ2n) is 4.40. The molecule has 106 valence electrons. The van der Waals surface area contributed by atoms with Crippen molar-refractivity contribution >= 4 is 33.3 Å². The zero-order chi connectivity index (χ0) is 14.8. The van der Waals surface area contributed by atoms with Crippen molar-refractivity contribution < 1.29 is 4.39 Å². The van der Waals surface area contributed by atoms with Crippen LogP contribution in [-0.2, 0) is 5.75 Å². The summed E-state index contributed by atoms with van der Waals surface area (Å²) in [5.74, 6) is 0.306. The van der Waals surface area contributed by atoms with Gasteiger partial charge in [-0.25, -0.2) is 9.37 Å². The van der Waals surface area contributed by atoms with Crippen molar-refractivity contribution in [2.75, 3.05) is 0 Å². The van der Waals surface area contributed by atoms with Crippen LogP contribution in [0.4, 0.5) is 4.39 Å². The van der Waals surface area contributed by atoms with Crippen LogP contribution in [0.3, 0.4) is 0 Å². The molecule has 2 aromatic heterocycles. The number of aromatic nitrogens is 2. The minimum atomic E-state index is -0.257. The first-order chi connectivity index (χ1) is 10.1. The Balaban J connectivity index is 1.86. The summed E-state index contributed by atoms with van der Waals surface area (Å²) in [6, 6.07) is 11.4. The van der Waals surface area contributed by atoms with Crippen LogP contribution < -0.4 is 5.56 Å². The predicted molar refractivity (Wildman–Crippen MR) is 85.1 cm³/mol. The number of hydrogen-bond acceptors (Lipinski definition) is 3. The molecule has 0 atom stereocenters. The third-order valence-electron chi connectivity index (χ3n) is 2.88. The summed E-state index contributed by atoms with van der Waals surface area (Å²) in [7, 11) is 0. The normalized spacial score (nSPS) is 11.0. The second kappa shape index (κ2) is 5.99. The summed E-state index contributed by atoms with van der Waals surface area (Å²) in [5.41, 5.74) is 1.20. The average molecular weight is 365 g/mol. The van der Waals surface area contributed by atoms with Gasteiger partial charge in [-0.2, -0.15) is 0 Å². The fraction of sp³-hybridized carbons (Fsp3) is 0.0667. The van der Waals surface area contributed by atoms with E-state index in [0.717, 1.165) is 9.37 Å². The summed E-state index contributed by atoms with van der Waals surface area (Å²) in [6.45, 7) is 0. The maximum absolute atomic E-state index is 12.8. The number of nitrogens with zero attached hydrogens (tertiary/aromatic N) is 2. The van der Waals surface area contributed by atoms with Crippen LogP contribution in [-0.4, -0.2) is 9.38 Å². The zero-order valence-electron chi connectivity index (χ0n) is 10.8. The Kier molecular flexibility index (Phi) is 4.07. The quantitative estimate of drug-likeness (QED) is 0.661. The van der Waals surface area contributed by atoms with E-state index in [1.54, 1.807) is 24.4 Å². The molecule has 1 aromatic carbocycles. The number of fused-ring (bicyclic) bond motifs is 1. The molecule has 3 aromatic rings. The Morgan fingerprint density at radius 1 is 1.19 bits per heavy atom. The molecule has 0 bridgehead atoms. The van der Waals surface area contributed by atoms with Gasteiger partial charge in [0.15, 0.2) is 0 Å². The van der Waals surface area contributed by atoms with E-state index in [1.807, 2.05) is 6.07 Å². The molecule has 0 aliphatic heterocycles. The number of pyridine rings is 1. The Bertz CT molecular complexity index is 848. The van der Waals surface area contributed by atoms with E-state index in [1.165, 1.54) is 34.4 Å². The third-order valence-corrected chi connectivity index (χ3v) is 4.39. The van der Waals surface area contributed by atoms with Crippen molar-refractivity contribution in [2.45, 2.75) is 10.6 Å². The summed E-state index contributed by atoms with van der Waals surface area (Å²) in [6.07, 6.45) is 1.70. The van der Waals surface area contributed by atoms with Crippen LogP contribution in [0.5, 0.6) is 0 Å². The van der Waals surface area contributed by atoms with Crippen molar-refractivity contribution in [1.29, 1.82) is 0 Å². The van der Waals surface area contributed by atoms with Gasteiger partial charge < -0.3 is 0 Å². The lowest BCUT2D eigenvalue weighted by Gasteiger charge is -2.05. The Morgan fingerprint density at radius 2 is 1.95 bits per heavy atom. The molecule has 0 fully saturated rings. The second-order valence-corrected chi connectivity index (χ2v) is 6.37. The first kappa shape index (κ1) is 14.3. The van der Waals surface area contributed by atoms with Crippen LogP contribution in [0.25, 0.3) is 5.65 Å². The molecule has 0 saturated carbocycles. The standard InChI is InChI=1S/C15H10BrFN2OS/c16-10-1-6-14-18-12(7-15(20)19(14)8-10)9-21-13-4-2-11(17)3-5-13/h1-8H,9H2. The smallest absolute Gasteiger partial charge is 0.258 e. The van der Waals surface area contributed by atoms with Gasteiger partial charge in [0.1, 0.15) is 11.5 Å². The average Bonchev–Trinajstić information content (AvgIpc) is 2.47. The van der Waals surface area contributed by atoms with Crippen LogP contribution in [0.1, 0.15) is 5.69 Å². The highest BCUT2D eigenvalue weighted by molar-refractivity contribution is 9.10. The summed E-state index contributed by atoms with van der Waals surface area (Å²) >= 11 is 4.85. The minimum Gasteiger partial charge on any atom is -0.269 e. The molecule has 0 unspecified atom stereocenters. The largest absolute Gasteiger partial charge is 0.269 e. The van der Waals surface area contributed by atoms with Gasteiger partial charge in [0.05, 0.1) is 5.69 Å². The van der Waals surface area contributed by atoms with Crippen molar-refractivity contribution in [1.82, 2.24) is 9.38 Å². The molecule has 3 nitrogen and oxygen atoms in total. The van der Waals surface area contributed by atoms with Crippen LogP contribution >= 0.6 is 27.7 Å². The van der Waals surface area contributed by atoms with E-state index in [2.05, 4.69) is 20.9 Å². The fourth-order valence-corrected chi connectivity index (χ4v) is 3.02. The Labute approximate surface area is 133 Å². The van der Waals surface area contributed by atoms with Gasteiger partial charge in [-0.3, -0.25) is 9.20 Å². The maximum atomic E-state index is 12.8. The van der Waals surface area contributed by atoms with Crippen molar-refractivity contribution in [3.8, 4) is 0 Å². The predicted octanol–water partition coefficient (Wildman–Crippen LogP) is 3.89. The molecule has 0 aliphatic carbocycles. The molecule has 0 aliphatic rings. The van der Waals surface area contributed by atoms with Crippen molar-refractivity contribution in [3.63, 3.8) is 0 Å². The molecular formula is C15H10BrFN2OS. The van der Waals surface area contributed by atoms with Crippen molar-refractivity contribution in [3.05, 3.63) is 75.0 Å². The van der Waals surface area contributed by atoms with Gasteiger partial charge in [-0.15, -0.1) is 11.8 Å². The SMILES string of the molecule is O=c1cc(CSc2ccc(F)cc2)nc2ccc(Br)cn12. The molecule has 2 heterocycles. The van der Waals surface area contributed by atoms with Gasteiger partial charge in [0, 0.05) is 27.4 Å². The lowest BCUT2D eigenvalue weighted by Crippen LogP contribution is -2.15. The molecule has 0 radical (unpaired) electrons. The summed E-state index contributed by atoms with van der Waals surface area (Å²) in [4.78, 5) is 17.4. The minimum absolute atomic E-state index is 0.115. The van der Waals surface area contributed by atoms with Crippen LogP contribution in [0, 0.1) is 5.82 Å². The molecule has 6 heteroatoms. The van der Waals surface area contributed by atoms with E-state index in [-0.39, 0.29) is 11.4 Å². The fourth-order valence-electron chi connectivity index (χ4n) is 1.89. The number of hydrogen-bond donors (Lipinski definition) is 0. The summed E-state index contributed by atoms with van der Waals surface area (Å²) < 4.78 is 15.2. The molecule has 3 rings (SSSR count).